The Kier molecular flexibility index (Phi) is 3.98. The molecule has 2 N–H and O–H groups in total. The summed E-state index contributed by atoms with van der Waals surface area (Å²) in [5.74, 6) is -1.13. The van der Waals surface area contributed by atoms with Gasteiger partial charge in [-0.25, -0.2) is 22.9 Å². The van der Waals surface area contributed by atoms with Crippen LogP contribution in [0.4, 0.5) is 0 Å². The highest BCUT2D eigenvalue weighted by Gasteiger charge is 2.17. The number of hydrogen-bond donors (Lipinski definition) is 2. The number of hydrogen-bond acceptors (Lipinski definition) is 5. The number of nitrogens with one attached hydrogen (secondary N) is 1. The molecule has 0 aromatic carbocycles. The van der Waals surface area contributed by atoms with E-state index in [1.165, 1.54) is 5.38 Å². The number of carboxylic acids is 1. The highest BCUT2D eigenvalue weighted by atomic mass is 32.2. The first kappa shape index (κ1) is 13.7. The molecule has 19 heavy (non-hydrogen) atoms. The fourth-order valence-corrected chi connectivity index (χ4v) is 3.52. The molecule has 9 heteroatoms. The summed E-state index contributed by atoms with van der Waals surface area (Å²) in [5.41, 5.74) is 0. The molecular weight excluding hydrogens is 290 g/mol. The number of imidazole rings is 1. The number of rotatable bonds is 6. The molecule has 0 amide bonds. The Labute approximate surface area is 113 Å². The van der Waals surface area contributed by atoms with Gasteiger partial charge in [0.1, 0.15) is 4.88 Å². The molecule has 2 heterocycles. The highest BCUT2D eigenvalue weighted by molar-refractivity contribution is 7.89. The van der Waals surface area contributed by atoms with Gasteiger partial charge in [-0.1, -0.05) is 0 Å². The average Bonchev–Trinajstić information content (AvgIpc) is 2.99. The Morgan fingerprint density at radius 2 is 2.32 bits per heavy atom. The fourth-order valence-electron chi connectivity index (χ4n) is 1.38. The smallest absolute Gasteiger partial charge is 0.345 e. The number of aromatic carboxylic acids is 1. The molecule has 0 radical (unpaired) electrons. The molecule has 0 spiro atoms. The summed E-state index contributed by atoms with van der Waals surface area (Å²) in [7, 11) is -3.66. The topological polar surface area (TPSA) is 101 Å². The monoisotopic (exact) mass is 301 g/mol. The van der Waals surface area contributed by atoms with E-state index in [1.54, 1.807) is 23.3 Å². The predicted molar refractivity (Wildman–Crippen MR) is 68.7 cm³/mol. The second-order valence-electron chi connectivity index (χ2n) is 3.65. The summed E-state index contributed by atoms with van der Waals surface area (Å²) in [4.78, 5) is 14.5. The minimum atomic E-state index is -3.66. The summed E-state index contributed by atoms with van der Waals surface area (Å²) in [6.45, 7) is 0.659. The second kappa shape index (κ2) is 5.51. The van der Waals surface area contributed by atoms with Crippen LogP contribution < -0.4 is 4.72 Å². The molecule has 0 atom stereocenters. The number of nitrogens with zero attached hydrogens (tertiary/aromatic N) is 2. The Balaban J connectivity index is 1.99. The summed E-state index contributed by atoms with van der Waals surface area (Å²) in [6.07, 6.45) is 4.91. The van der Waals surface area contributed by atoms with E-state index in [-0.39, 0.29) is 16.3 Å². The third kappa shape index (κ3) is 3.40. The highest BCUT2D eigenvalue weighted by Crippen LogP contribution is 2.18. The van der Waals surface area contributed by atoms with E-state index >= 15 is 0 Å². The van der Waals surface area contributed by atoms with Crippen molar-refractivity contribution in [1.29, 1.82) is 0 Å². The molecule has 0 bridgehead atoms. The Morgan fingerprint density at radius 3 is 2.89 bits per heavy atom. The first-order valence-corrected chi connectivity index (χ1v) is 7.62. The SMILES string of the molecule is O=C(O)c1cc(S(=O)(=O)NCCn2ccnc2)cs1. The van der Waals surface area contributed by atoms with Gasteiger partial charge in [0, 0.05) is 30.9 Å². The van der Waals surface area contributed by atoms with E-state index in [9.17, 15) is 13.2 Å². The average molecular weight is 301 g/mol. The minimum Gasteiger partial charge on any atom is -0.477 e. The molecule has 0 unspecified atom stereocenters. The zero-order valence-corrected chi connectivity index (χ0v) is 11.3. The lowest BCUT2D eigenvalue weighted by molar-refractivity contribution is 0.0702. The van der Waals surface area contributed by atoms with E-state index in [2.05, 4.69) is 9.71 Å². The summed E-state index contributed by atoms with van der Waals surface area (Å²) < 4.78 is 27.9. The third-order valence-electron chi connectivity index (χ3n) is 2.32. The summed E-state index contributed by atoms with van der Waals surface area (Å²) in [5, 5.41) is 10.1. The molecule has 0 aliphatic carbocycles. The number of aromatic nitrogens is 2. The van der Waals surface area contributed by atoms with Crippen molar-refractivity contribution in [1.82, 2.24) is 14.3 Å². The van der Waals surface area contributed by atoms with Gasteiger partial charge in [-0.15, -0.1) is 11.3 Å². The van der Waals surface area contributed by atoms with Gasteiger partial charge < -0.3 is 9.67 Å². The molecule has 0 aliphatic rings. The quantitative estimate of drug-likeness (QED) is 0.814. The fraction of sp³-hybridized carbons (Fsp3) is 0.200. The van der Waals surface area contributed by atoms with E-state index in [4.69, 9.17) is 5.11 Å². The molecule has 0 saturated heterocycles. The van der Waals surface area contributed by atoms with Crippen molar-refractivity contribution in [3.05, 3.63) is 35.0 Å². The lowest BCUT2D eigenvalue weighted by atomic mass is 10.5. The van der Waals surface area contributed by atoms with Crippen molar-refractivity contribution in [2.75, 3.05) is 6.54 Å². The maximum Gasteiger partial charge on any atom is 0.345 e. The van der Waals surface area contributed by atoms with Crippen LogP contribution in [0.25, 0.3) is 0 Å². The van der Waals surface area contributed by atoms with Gasteiger partial charge in [0.2, 0.25) is 10.0 Å². The van der Waals surface area contributed by atoms with Crippen molar-refractivity contribution in [2.45, 2.75) is 11.4 Å². The van der Waals surface area contributed by atoms with Crippen LogP contribution in [0.5, 0.6) is 0 Å². The van der Waals surface area contributed by atoms with Gasteiger partial charge >= 0.3 is 5.97 Å². The molecular formula is C10H11N3O4S2. The molecule has 0 saturated carbocycles. The van der Waals surface area contributed by atoms with Crippen molar-refractivity contribution in [3.8, 4) is 0 Å². The van der Waals surface area contributed by atoms with E-state index in [0.29, 0.717) is 6.54 Å². The van der Waals surface area contributed by atoms with Gasteiger partial charge in [0.05, 0.1) is 11.2 Å². The van der Waals surface area contributed by atoms with Gasteiger partial charge in [-0.3, -0.25) is 0 Å². The van der Waals surface area contributed by atoms with Crippen LogP contribution in [0, 0.1) is 0 Å². The van der Waals surface area contributed by atoms with Crippen molar-refractivity contribution >= 4 is 27.3 Å². The molecule has 102 valence electrons. The van der Waals surface area contributed by atoms with Crippen LogP contribution in [-0.4, -0.2) is 35.6 Å². The second-order valence-corrected chi connectivity index (χ2v) is 6.33. The van der Waals surface area contributed by atoms with Crippen LogP contribution in [-0.2, 0) is 16.6 Å². The molecule has 7 nitrogen and oxygen atoms in total. The number of thiophene rings is 1. The van der Waals surface area contributed by atoms with Crippen molar-refractivity contribution in [3.63, 3.8) is 0 Å². The molecule has 2 rings (SSSR count). The first-order chi connectivity index (χ1) is 8.99. The van der Waals surface area contributed by atoms with Crippen molar-refractivity contribution in [2.24, 2.45) is 0 Å². The van der Waals surface area contributed by atoms with Crippen LogP contribution in [0.1, 0.15) is 9.67 Å². The molecule has 2 aromatic heterocycles. The summed E-state index contributed by atoms with van der Waals surface area (Å²) in [6, 6.07) is 1.15. The Morgan fingerprint density at radius 1 is 1.53 bits per heavy atom. The van der Waals surface area contributed by atoms with Crippen LogP contribution in [0.15, 0.2) is 35.1 Å². The van der Waals surface area contributed by atoms with Gasteiger partial charge in [-0.2, -0.15) is 0 Å². The lowest BCUT2D eigenvalue weighted by Crippen LogP contribution is -2.26. The predicted octanol–water partition coefficient (Wildman–Crippen LogP) is 0.621. The Hall–Kier alpha value is -1.71. The van der Waals surface area contributed by atoms with Crippen molar-refractivity contribution < 1.29 is 18.3 Å². The zero-order valence-electron chi connectivity index (χ0n) is 9.68. The number of sulfonamides is 1. The van der Waals surface area contributed by atoms with Crippen LogP contribution >= 0.6 is 11.3 Å². The largest absolute Gasteiger partial charge is 0.477 e. The van der Waals surface area contributed by atoms with Crippen LogP contribution in [0.3, 0.4) is 0 Å². The standard InChI is InChI=1S/C10H11N3O4S2/c14-10(15)9-5-8(6-18-9)19(16,17)12-2-4-13-3-1-11-7-13/h1,3,5-7,12H,2,4H2,(H,14,15). The van der Waals surface area contributed by atoms with Gasteiger partial charge in [0.25, 0.3) is 0 Å². The maximum atomic E-state index is 11.9. The minimum absolute atomic E-state index is 0.00464. The maximum absolute atomic E-state index is 11.9. The first-order valence-electron chi connectivity index (χ1n) is 5.26. The summed E-state index contributed by atoms with van der Waals surface area (Å²) >= 11 is 0.882. The molecule has 2 aromatic rings. The van der Waals surface area contributed by atoms with E-state index in [0.717, 1.165) is 17.4 Å². The number of carbonyl (C=O) groups is 1. The van der Waals surface area contributed by atoms with Crippen LogP contribution in [0.2, 0.25) is 0 Å². The Bertz CT molecular complexity index is 661. The third-order valence-corrected chi connectivity index (χ3v) is 4.83. The molecule has 0 aliphatic heterocycles. The zero-order chi connectivity index (χ0) is 13.9. The van der Waals surface area contributed by atoms with E-state index in [1.807, 2.05) is 0 Å². The lowest BCUT2D eigenvalue weighted by Gasteiger charge is -2.05. The normalized spacial score (nSPS) is 11.6. The number of carboxylic acid groups (broad SMARTS) is 1. The molecule has 0 fully saturated rings. The van der Waals surface area contributed by atoms with Gasteiger partial charge in [-0.05, 0) is 6.07 Å². The van der Waals surface area contributed by atoms with E-state index < -0.39 is 16.0 Å². The van der Waals surface area contributed by atoms with Gasteiger partial charge in [0.15, 0.2) is 0 Å².